The van der Waals surface area contributed by atoms with E-state index in [1.54, 1.807) is 12.4 Å². The number of aromatic amines is 1. The molecule has 3 nitrogen and oxygen atoms in total. The molecule has 1 atom stereocenters. The molecule has 15 heavy (non-hydrogen) atoms. The molecule has 0 saturated heterocycles. The van der Waals surface area contributed by atoms with E-state index >= 15 is 0 Å². The van der Waals surface area contributed by atoms with E-state index in [0.29, 0.717) is 5.92 Å². The normalized spacial score (nSPS) is 28.9. The second kappa shape index (κ2) is 4.79. The predicted octanol–water partition coefficient (Wildman–Crippen LogP) is 2.66. The number of rotatable bonds is 3. The van der Waals surface area contributed by atoms with Crippen LogP contribution < -0.4 is 0 Å². The summed E-state index contributed by atoms with van der Waals surface area (Å²) < 4.78 is 0. The number of nitrogens with zero attached hydrogens (tertiary/aromatic N) is 1. The summed E-state index contributed by atoms with van der Waals surface area (Å²) in [6, 6.07) is 0. The summed E-state index contributed by atoms with van der Waals surface area (Å²) in [5, 5.41) is 16.6. The Labute approximate surface area is 90.9 Å². The zero-order valence-corrected chi connectivity index (χ0v) is 9.32. The maximum Gasteiger partial charge on any atom is 0.0823 e. The Morgan fingerprint density at radius 2 is 2.20 bits per heavy atom. The first-order chi connectivity index (χ1) is 7.25. The van der Waals surface area contributed by atoms with Crippen molar-refractivity contribution in [1.29, 1.82) is 0 Å². The van der Waals surface area contributed by atoms with E-state index in [2.05, 4.69) is 17.1 Å². The first-order valence-corrected chi connectivity index (χ1v) is 5.92. The molecule has 1 unspecified atom stereocenters. The van der Waals surface area contributed by atoms with Crippen molar-refractivity contribution in [3.63, 3.8) is 0 Å². The topological polar surface area (TPSA) is 48.9 Å². The highest BCUT2D eigenvalue weighted by molar-refractivity contribution is 5.06. The van der Waals surface area contributed by atoms with Crippen molar-refractivity contribution in [3.8, 4) is 0 Å². The number of H-pyrrole nitrogens is 1. The fourth-order valence-electron chi connectivity index (χ4n) is 2.46. The maximum absolute atomic E-state index is 9.97. The Kier molecular flexibility index (Phi) is 3.41. The molecular formula is C12H20N2O. The standard InChI is InChI=1S/C12H20N2O/c1-9-2-4-10(5-3-9)6-12(15)11-7-13-14-8-11/h7-10,12,15H,2-6H2,1H3,(H,13,14). The lowest BCUT2D eigenvalue weighted by Gasteiger charge is -2.27. The van der Waals surface area contributed by atoms with Crippen LogP contribution in [0, 0.1) is 11.8 Å². The summed E-state index contributed by atoms with van der Waals surface area (Å²) in [5.74, 6) is 1.58. The minimum Gasteiger partial charge on any atom is -0.388 e. The minimum absolute atomic E-state index is 0.331. The van der Waals surface area contributed by atoms with Crippen molar-refractivity contribution in [1.82, 2.24) is 10.2 Å². The van der Waals surface area contributed by atoms with Crippen LogP contribution in [0.5, 0.6) is 0 Å². The first-order valence-electron chi connectivity index (χ1n) is 5.92. The third-order valence-corrected chi connectivity index (χ3v) is 3.60. The number of aromatic nitrogens is 2. The molecule has 2 rings (SSSR count). The molecule has 1 aliphatic carbocycles. The van der Waals surface area contributed by atoms with E-state index in [4.69, 9.17) is 0 Å². The number of nitrogens with one attached hydrogen (secondary N) is 1. The monoisotopic (exact) mass is 208 g/mol. The molecule has 2 N–H and O–H groups in total. The van der Waals surface area contributed by atoms with Crippen molar-refractivity contribution in [3.05, 3.63) is 18.0 Å². The van der Waals surface area contributed by atoms with Crippen LogP contribution in [0.2, 0.25) is 0 Å². The van der Waals surface area contributed by atoms with E-state index in [0.717, 1.165) is 17.9 Å². The SMILES string of the molecule is CC1CCC(CC(O)c2cn[nH]c2)CC1. The molecule has 1 heterocycles. The Hall–Kier alpha value is -0.830. The molecule has 1 saturated carbocycles. The van der Waals surface area contributed by atoms with Gasteiger partial charge in [-0.1, -0.05) is 32.6 Å². The molecule has 1 fully saturated rings. The van der Waals surface area contributed by atoms with E-state index in [-0.39, 0.29) is 6.10 Å². The molecule has 0 bridgehead atoms. The van der Waals surface area contributed by atoms with Gasteiger partial charge in [0.05, 0.1) is 12.3 Å². The lowest BCUT2D eigenvalue weighted by Crippen LogP contribution is -2.15. The van der Waals surface area contributed by atoms with Crippen LogP contribution in [0.25, 0.3) is 0 Å². The van der Waals surface area contributed by atoms with Gasteiger partial charge < -0.3 is 5.11 Å². The van der Waals surface area contributed by atoms with Gasteiger partial charge in [0.15, 0.2) is 0 Å². The molecule has 1 aromatic rings. The Balaban J connectivity index is 1.82. The van der Waals surface area contributed by atoms with Gasteiger partial charge in [-0.25, -0.2) is 0 Å². The van der Waals surface area contributed by atoms with E-state index < -0.39 is 0 Å². The number of aliphatic hydroxyl groups excluding tert-OH is 1. The van der Waals surface area contributed by atoms with Crippen molar-refractivity contribution in [2.75, 3.05) is 0 Å². The summed E-state index contributed by atoms with van der Waals surface area (Å²) in [7, 11) is 0. The first kappa shape index (κ1) is 10.7. The molecule has 0 radical (unpaired) electrons. The van der Waals surface area contributed by atoms with Crippen LogP contribution in [-0.2, 0) is 0 Å². The molecule has 84 valence electrons. The molecule has 0 amide bonds. The van der Waals surface area contributed by atoms with Gasteiger partial charge in [0.1, 0.15) is 0 Å². The van der Waals surface area contributed by atoms with Gasteiger partial charge in [-0.15, -0.1) is 0 Å². The fourth-order valence-corrected chi connectivity index (χ4v) is 2.46. The second-order valence-corrected chi connectivity index (χ2v) is 4.91. The van der Waals surface area contributed by atoms with Gasteiger partial charge in [-0.3, -0.25) is 5.10 Å². The summed E-state index contributed by atoms with van der Waals surface area (Å²) >= 11 is 0. The average Bonchev–Trinajstić information content (AvgIpc) is 2.74. The minimum atomic E-state index is -0.331. The highest BCUT2D eigenvalue weighted by Gasteiger charge is 2.21. The van der Waals surface area contributed by atoms with E-state index in [9.17, 15) is 5.11 Å². The fraction of sp³-hybridized carbons (Fsp3) is 0.750. The van der Waals surface area contributed by atoms with Crippen molar-refractivity contribution in [2.45, 2.75) is 45.1 Å². The van der Waals surface area contributed by atoms with Gasteiger partial charge in [-0.2, -0.15) is 5.10 Å². The van der Waals surface area contributed by atoms with Gasteiger partial charge in [-0.05, 0) is 18.3 Å². The van der Waals surface area contributed by atoms with Crippen molar-refractivity contribution in [2.24, 2.45) is 11.8 Å². The van der Waals surface area contributed by atoms with Crippen LogP contribution >= 0.6 is 0 Å². The number of hydrogen-bond acceptors (Lipinski definition) is 2. The van der Waals surface area contributed by atoms with Crippen LogP contribution in [0.1, 0.15) is 50.7 Å². The quantitative estimate of drug-likeness (QED) is 0.802. The van der Waals surface area contributed by atoms with Crippen LogP contribution in [0.15, 0.2) is 12.4 Å². The smallest absolute Gasteiger partial charge is 0.0823 e. The van der Waals surface area contributed by atoms with Gasteiger partial charge in [0, 0.05) is 11.8 Å². The lowest BCUT2D eigenvalue weighted by molar-refractivity contribution is 0.125. The van der Waals surface area contributed by atoms with Crippen LogP contribution in [0.4, 0.5) is 0 Å². The maximum atomic E-state index is 9.97. The molecule has 0 spiro atoms. The molecule has 1 aliphatic rings. The highest BCUT2D eigenvalue weighted by Crippen LogP contribution is 2.33. The second-order valence-electron chi connectivity index (χ2n) is 4.91. The predicted molar refractivity (Wildman–Crippen MR) is 59.3 cm³/mol. The van der Waals surface area contributed by atoms with Gasteiger partial charge in [0.25, 0.3) is 0 Å². The lowest BCUT2D eigenvalue weighted by atomic mass is 9.80. The number of hydrogen-bond donors (Lipinski definition) is 2. The third kappa shape index (κ3) is 2.81. The van der Waals surface area contributed by atoms with E-state index in [1.165, 1.54) is 25.7 Å². The molecule has 1 aromatic heterocycles. The van der Waals surface area contributed by atoms with Crippen molar-refractivity contribution >= 4 is 0 Å². The summed E-state index contributed by atoms with van der Waals surface area (Å²) in [5.41, 5.74) is 0.925. The van der Waals surface area contributed by atoms with Gasteiger partial charge in [0.2, 0.25) is 0 Å². The van der Waals surface area contributed by atoms with E-state index in [1.807, 2.05) is 0 Å². The van der Waals surface area contributed by atoms with Crippen LogP contribution in [-0.4, -0.2) is 15.3 Å². The zero-order chi connectivity index (χ0) is 10.7. The summed E-state index contributed by atoms with van der Waals surface area (Å²) in [6.45, 7) is 2.32. The Morgan fingerprint density at radius 3 is 2.80 bits per heavy atom. The average molecular weight is 208 g/mol. The zero-order valence-electron chi connectivity index (χ0n) is 9.32. The molecule has 0 aliphatic heterocycles. The largest absolute Gasteiger partial charge is 0.388 e. The number of aliphatic hydroxyl groups is 1. The van der Waals surface area contributed by atoms with Gasteiger partial charge >= 0.3 is 0 Å². The Morgan fingerprint density at radius 1 is 1.47 bits per heavy atom. The molecular weight excluding hydrogens is 188 g/mol. The third-order valence-electron chi connectivity index (χ3n) is 3.60. The molecule has 3 heteroatoms. The summed E-state index contributed by atoms with van der Waals surface area (Å²) in [6.07, 6.45) is 9.26. The van der Waals surface area contributed by atoms with Crippen LogP contribution in [0.3, 0.4) is 0 Å². The van der Waals surface area contributed by atoms with Crippen molar-refractivity contribution < 1.29 is 5.11 Å². The summed E-state index contributed by atoms with van der Waals surface area (Å²) in [4.78, 5) is 0. The Bertz CT molecular complexity index is 276. The molecule has 0 aromatic carbocycles. The highest BCUT2D eigenvalue weighted by atomic mass is 16.3.